The Morgan fingerprint density at radius 3 is 1.29 bits per heavy atom. The maximum absolute atomic E-state index is 2.45. The van der Waals surface area contributed by atoms with Crippen LogP contribution in [0.25, 0.3) is 0 Å². The molecule has 1 heteroatoms. The quantitative estimate of drug-likeness (QED) is 0.688. The highest BCUT2D eigenvalue weighted by molar-refractivity contribution is 7.49. The average Bonchev–Trinajstić information content (AvgIpc) is 2.48. The second-order valence-electron chi connectivity index (χ2n) is 3.82. The van der Waals surface area contributed by atoms with Gasteiger partial charge in [0.05, 0.1) is 0 Å². The summed E-state index contributed by atoms with van der Waals surface area (Å²) in [6.45, 7) is 11.7. The van der Waals surface area contributed by atoms with Crippen LogP contribution in [0.4, 0.5) is 0 Å². The zero-order valence-corrected chi connectivity index (χ0v) is 11.2. The molecule has 80 valence electrons. The van der Waals surface area contributed by atoms with E-state index < -0.39 is 0 Å². The molecule has 1 heterocycles. The zero-order valence-electron chi connectivity index (χ0n) is 10.3. The minimum atomic E-state index is 0.0769. The highest BCUT2D eigenvalue weighted by Crippen LogP contribution is 2.44. The van der Waals surface area contributed by atoms with Crippen LogP contribution in [-0.4, -0.2) is 0 Å². The van der Waals surface area contributed by atoms with Crippen LogP contribution in [0.5, 0.6) is 0 Å². The first-order valence-corrected chi connectivity index (χ1v) is 7.68. The summed E-state index contributed by atoms with van der Waals surface area (Å²) >= 11 is 0. The molecule has 0 aliphatic heterocycles. The van der Waals surface area contributed by atoms with Crippen molar-refractivity contribution in [3.05, 3.63) is 21.7 Å². The number of hydrogen-bond donors (Lipinski definition) is 0. The summed E-state index contributed by atoms with van der Waals surface area (Å²) < 4.78 is 0. The van der Waals surface area contributed by atoms with Crippen LogP contribution < -0.4 is 0 Å². The van der Waals surface area contributed by atoms with Crippen molar-refractivity contribution in [3.63, 3.8) is 0 Å². The van der Waals surface area contributed by atoms with E-state index >= 15 is 0 Å². The summed E-state index contributed by atoms with van der Waals surface area (Å²) in [6, 6.07) is 0. The molecule has 14 heavy (non-hydrogen) atoms. The van der Waals surface area contributed by atoms with Crippen LogP contribution in [0.15, 0.2) is 0 Å². The lowest BCUT2D eigenvalue weighted by molar-refractivity contribution is 0.992. The fourth-order valence-corrected chi connectivity index (χ4v) is 5.32. The summed E-state index contributed by atoms with van der Waals surface area (Å²) in [5.74, 6) is 0. The van der Waals surface area contributed by atoms with E-state index in [1.807, 2.05) is 0 Å². The van der Waals surface area contributed by atoms with Gasteiger partial charge in [0.15, 0.2) is 0 Å². The van der Waals surface area contributed by atoms with Gasteiger partial charge in [0.1, 0.15) is 0 Å². The molecule has 0 aromatic carbocycles. The lowest BCUT2D eigenvalue weighted by atomic mass is 10.0. The standard InChI is InChI=1S/C13H23P/c1-6-10-11(7-2)13(9-4)14(5)12(10)8-3/h6-9H2,1-5H3. The molecule has 1 aromatic heterocycles. The van der Waals surface area contributed by atoms with E-state index in [2.05, 4.69) is 34.4 Å². The van der Waals surface area contributed by atoms with E-state index in [4.69, 9.17) is 0 Å². The van der Waals surface area contributed by atoms with Crippen LogP contribution in [0, 0.1) is 0 Å². The van der Waals surface area contributed by atoms with E-state index in [-0.39, 0.29) is 7.53 Å². The fraction of sp³-hybridized carbons (Fsp3) is 0.692. The SMILES string of the molecule is CCc1c(CC)c(CC)p(C)c1CC. The highest BCUT2D eigenvalue weighted by atomic mass is 31.1. The van der Waals surface area contributed by atoms with Crippen LogP contribution >= 0.6 is 7.53 Å². The Balaban J connectivity index is 3.37. The van der Waals surface area contributed by atoms with Gasteiger partial charge in [-0.25, -0.2) is 0 Å². The molecular formula is C13H23P. The van der Waals surface area contributed by atoms with E-state index in [1.54, 1.807) is 21.7 Å². The molecule has 0 aliphatic carbocycles. The first kappa shape index (κ1) is 11.9. The molecule has 1 rings (SSSR count). The van der Waals surface area contributed by atoms with Crippen molar-refractivity contribution in [2.75, 3.05) is 0 Å². The van der Waals surface area contributed by atoms with Crippen molar-refractivity contribution in [2.45, 2.75) is 53.4 Å². The second kappa shape index (κ2) is 5.03. The molecule has 0 radical (unpaired) electrons. The molecule has 0 aliphatic rings. The molecule has 0 nitrogen and oxygen atoms in total. The fourth-order valence-electron chi connectivity index (χ4n) is 2.65. The van der Waals surface area contributed by atoms with Gasteiger partial charge in [0.2, 0.25) is 0 Å². The van der Waals surface area contributed by atoms with Gasteiger partial charge in [-0.2, -0.15) is 0 Å². The Kier molecular flexibility index (Phi) is 4.26. The Labute approximate surface area is 89.8 Å². The Morgan fingerprint density at radius 1 is 0.714 bits per heavy atom. The summed E-state index contributed by atoms with van der Waals surface area (Å²) in [5.41, 5.74) is 3.42. The normalized spacial score (nSPS) is 10.9. The first-order chi connectivity index (χ1) is 6.71. The van der Waals surface area contributed by atoms with Gasteiger partial charge < -0.3 is 0 Å². The van der Waals surface area contributed by atoms with Crippen molar-refractivity contribution < 1.29 is 0 Å². The Hall–Kier alpha value is -0.220. The van der Waals surface area contributed by atoms with Gasteiger partial charge in [-0.1, -0.05) is 27.7 Å². The predicted molar refractivity (Wildman–Crippen MR) is 67.6 cm³/mol. The van der Waals surface area contributed by atoms with Gasteiger partial charge in [-0.3, -0.25) is 0 Å². The molecule has 0 atom stereocenters. The van der Waals surface area contributed by atoms with E-state index in [9.17, 15) is 0 Å². The van der Waals surface area contributed by atoms with Gasteiger partial charge >= 0.3 is 0 Å². The average molecular weight is 210 g/mol. The van der Waals surface area contributed by atoms with Gasteiger partial charge in [0.25, 0.3) is 0 Å². The largest absolute Gasteiger partial charge is 0.121 e. The Bertz CT molecular complexity index is 278. The minimum absolute atomic E-state index is 0.0769. The molecule has 1 aromatic rings. The maximum atomic E-state index is 2.45. The van der Waals surface area contributed by atoms with Crippen LogP contribution in [0.2, 0.25) is 0 Å². The molecule has 0 saturated carbocycles. The van der Waals surface area contributed by atoms with Gasteiger partial charge in [-0.15, -0.1) is 7.53 Å². The lowest BCUT2D eigenvalue weighted by Gasteiger charge is -2.03. The number of rotatable bonds is 4. The van der Waals surface area contributed by atoms with Gasteiger partial charge in [-0.05, 0) is 54.1 Å². The van der Waals surface area contributed by atoms with Gasteiger partial charge in [0, 0.05) is 0 Å². The highest BCUT2D eigenvalue weighted by Gasteiger charge is 2.15. The molecule has 0 fully saturated rings. The van der Waals surface area contributed by atoms with E-state index in [0.29, 0.717) is 0 Å². The van der Waals surface area contributed by atoms with E-state index in [0.717, 1.165) is 0 Å². The lowest BCUT2D eigenvalue weighted by Crippen LogP contribution is -1.91. The van der Waals surface area contributed by atoms with Crippen molar-refractivity contribution >= 4 is 7.53 Å². The molecule has 0 saturated heterocycles. The molecule has 0 unspecified atom stereocenters. The van der Waals surface area contributed by atoms with Crippen LogP contribution in [0.3, 0.4) is 0 Å². The second-order valence-corrected chi connectivity index (χ2v) is 6.02. The van der Waals surface area contributed by atoms with Crippen molar-refractivity contribution in [2.24, 2.45) is 6.66 Å². The zero-order chi connectivity index (χ0) is 10.7. The van der Waals surface area contributed by atoms with Crippen LogP contribution in [-0.2, 0) is 32.3 Å². The number of hydrogen-bond acceptors (Lipinski definition) is 0. The third-order valence-electron chi connectivity index (χ3n) is 3.25. The predicted octanol–water partition coefficient (Wildman–Crippen LogP) is 4.46. The van der Waals surface area contributed by atoms with Crippen molar-refractivity contribution in [1.29, 1.82) is 0 Å². The maximum Gasteiger partial charge on any atom is -0.0252 e. The molecule has 0 N–H and O–H groups in total. The summed E-state index contributed by atoms with van der Waals surface area (Å²) in [5, 5.41) is 3.55. The molecule has 0 amide bonds. The smallest absolute Gasteiger partial charge is 0.0252 e. The third-order valence-corrected chi connectivity index (χ3v) is 6.04. The Morgan fingerprint density at radius 2 is 1.07 bits per heavy atom. The summed E-state index contributed by atoms with van der Waals surface area (Å²) in [4.78, 5) is 0. The summed E-state index contributed by atoms with van der Waals surface area (Å²) in [7, 11) is 0.0769. The summed E-state index contributed by atoms with van der Waals surface area (Å²) in [6.07, 6.45) is 5.00. The van der Waals surface area contributed by atoms with Crippen LogP contribution in [0.1, 0.15) is 49.4 Å². The first-order valence-electron chi connectivity index (χ1n) is 5.89. The van der Waals surface area contributed by atoms with E-state index in [1.165, 1.54) is 25.7 Å². The molecule has 0 spiro atoms. The third kappa shape index (κ3) is 1.77. The minimum Gasteiger partial charge on any atom is -0.121 e. The monoisotopic (exact) mass is 210 g/mol. The molecule has 0 bridgehead atoms. The topological polar surface area (TPSA) is 0 Å². The molecular weight excluding hydrogens is 187 g/mol. The van der Waals surface area contributed by atoms with Crippen molar-refractivity contribution in [1.82, 2.24) is 0 Å². The van der Waals surface area contributed by atoms with Crippen molar-refractivity contribution in [3.8, 4) is 0 Å².